The fraction of sp³-hybridized carbons (Fsp3) is 0.444. The average Bonchev–Trinajstić information content (AvgIpc) is 2.77. The molecule has 0 radical (unpaired) electrons. The van der Waals surface area contributed by atoms with Crippen molar-refractivity contribution >= 4 is 34.0 Å². The van der Waals surface area contributed by atoms with Crippen LogP contribution in [-0.2, 0) is 16.0 Å². The van der Waals surface area contributed by atoms with Gasteiger partial charge in [-0.2, -0.15) is 5.10 Å². The minimum Gasteiger partial charge on any atom is -0.295 e. The minimum atomic E-state index is -0.344. The van der Waals surface area contributed by atoms with Gasteiger partial charge in [-0.1, -0.05) is 18.3 Å². The zero-order valence-electron chi connectivity index (χ0n) is 9.19. The summed E-state index contributed by atoms with van der Waals surface area (Å²) in [6.07, 6.45) is 1.41. The lowest BCUT2D eigenvalue weighted by atomic mass is 10.2. The summed E-state index contributed by atoms with van der Waals surface area (Å²) < 4.78 is 0. The first-order chi connectivity index (χ1) is 8.19. The number of anilines is 1. The molecule has 1 aliphatic heterocycles. The lowest BCUT2D eigenvalue weighted by Gasteiger charge is -2.10. The van der Waals surface area contributed by atoms with E-state index >= 15 is 0 Å². The van der Waals surface area contributed by atoms with Gasteiger partial charge in [0.05, 0.1) is 0 Å². The molecule has 0 aromatic carbocycles. The minimum absolute atomic E-state index is 0.175. The molecule has 1 aromatic rings. The van der Waals surface area contributed by atoms with Crippen molar-refractivity contribution in [2.45, 2.75) is 26.2 Å². The third-order valence-electron chi connectivity index (χ3n) is 2.16. The van der Waals surface area contributed by atoms with Crippen LogP contribution in [0.5, 0.6) is 0 Å². The number of hydrogen-bond donors (Lipinski definition) is 2. The van der Waals surface area contributed by atoms with E-state index in [4.69, 9.17) is 0 Å². The maximum atomic E-state index is 11.7. The van der Waals surface area contributed by atoms with Crippen LogP contribution >= 0.6 is 11.3 Å². The number of aromatic nitrogens is 2. The highest BCUT2D eigenvalue weighted by atomic mass is 32.1. The van der Waals surface area contributed by atoms with Gasteiger partial charge in [-0.15, -0.1) is 10.2 Å². The van der Waals surface area contributed by atoms with E-state index in [0.717, 1.165) is 11.4 Å². The van der Waals surface area contributed by atoms with Gasteiger partial charge in [-0.25, -0.2) is 5.43 Å². The molecule has 0 aliphatic carbocycles. The molecule has 1 aromatic heterocycles. The molecule has 1 aliphatic rings. The Morgan fingerprint density at radius 1 is 1.47 bits per heavy atom. The normalized spacial score (nSPS) is 15.1. The van der Waals surface area contributed by atoms with Gasteiger partial charge in [0, 0.05) is 12.8 Å². The van der Waals surface area contributed by atoms with Crippen molar-refractivity contribution in [2.75, 3.05) is 5.32 Å². The van der Waals surface area contributed by atoms with Gasteiger partial charge in [0.1, 0.15) is 10.7 Å². The first-order valence-corrected chi connectivity index (χ1v) is 6.00. The Morgan fingerprint density at radius 3 is 2.88 bits per heavy atom. The molecular weight excluding hydrogens is 242 g/mol. The van der Waals surface area contributed by atoms with Crippen molar-refractivity contribution in [3.63, 3.8) is 0 Å². The number of hydrazone groups is 1. The summed E-state index contributed by atoms with van der Waals surface area (Å²) in [6, 6.07) is 0. The molecule has 0 unspecified atom stereocenters. The third-order valence-corrected chi connectivity index (χ3v) is 3.14. The fourth-order valence-electron chi connectivity index (χ4n) is 1.25. The zero-order chi connectivity index (χ0) is 12.3. The Hall–Kier alpha value is -1.83. The standard InChI is InChI=1S/C9H11N5O2S/c1-2-7-13-14-9(17-7)10-8(16)5-3-4-6(15)12-11-5/h2-4H2,1H3,(H,12,15)(H,10,14,16). The lowest BCUT2D eigenvalue weighted by Crippen LogP contribution is -2.32. The summed E-state index contributed by atoms with van der Waals surface area (Å²) in [5.41, 5.74) is 2.57. The van der Waals surface area contributed by atoms with E-state index in [1.165, 1.54) is 11.3 Å². The van der Waals surface area contributed by atoms with E-state index < -0.39 is 0 Å². The Labute approximate surface area is 101 Å². The number of nitrogens with zero attached hydrogens (tertiary/aromatic N) is 3. The number of nitrogens with one attached hydrogen (secondary N) is 2. The third kappa shape index (κ3) is 2.84. The predicted molar refractivity (Wildman–Crippen MR) is 62.7 cm³/mol. The Morgan fingerprint density at radius 2 is 2.29 bits per heavy atom. The summed E-state index contributed by atoms with van der Waals surface area (Å²) in [5.74, 6) is -0.519. The summed E-state index contributed by atoms with van der Waals surface area (Å²) in [7, 11) is 0. The van der Waals surface area contributed by atoms with E-state index in [1.54, 1.807) is 0 Å². The van der Waals surface area contributed by atoms with Crippen molar-refractivity contribution in [3.05, 3.63) is 5.01 Å². The quantitative estimate of drug-likeness (QED) is 0.810. The smallest absolute Gasteiger partial charge is 0.273 e. The van der Waals surface area contributed by atoms with Gasteiger partial charge in [-0.05, 0) is 6.42 Å². The molecule has 8 heteroatoms. The molecule has 0 saturated carbocycles. The fourth-order valence-corrected chi connectivity index (χ4v) is 1.93. The van der Waals surface area contributed by atoms with Crippen LogP contribution in [-0.4, -0.2) is 27.7 Å². The van der Waals surface area contributed by atoms with Gasteiger partial charge >= 0.3 is 0 Å². The monoisotopic (exact) mass is 253 g/mol. The van der Waals surface area contributed by atoms with Crippen molar-refractivity contribution in [1.82, 2.24) is 15.6 Å². The van der Waals surface area contributed by atoms with Crippen LogP contribution in [0.1, 0.15) is 24.8 Å². The highest BCUT2D eigenvalue weighted by Crippen LogP contribution is 2.15. The Balaban J connectivity index is 1.99. The molecule has 0 bridgehead atoms. The summed E-state index contributed by atoms with van der Waals surface area (Å²) in [4.78, 5) is 22.6. The molecule has 7 nitrogen and oxygen atoms in total. The molecule has 2 rings (SSSR count). The molecule has 90 valence electrons. The molecule has 17 heavy (non-hydrogen) atoms. The molecular formula is C9H11N5O2S. The average molecular weight is 253 g/mol. The zero-order valence-corrected chi connectivity index (χ0v) is 10.0. The largest absolute Gasteiger partial charge is 0.295 e. The SMILES string of the molecule is CCc1nnc(NC(=O)C2=NNC(=O)CC2)s1. The van der Waals surface area contributed by atoms with E-state index in [1.807, 2.05) is 6.92 Å². The summed E-state index contributed by atoms with van der Waals surface area (Å²) in [5, 5.41) is 15.3. The van der Waals surface area contributed by atoms with E-state index in [-0.39, 0.29) is 18.2 Å². The van der Waals surface area contributed by atoms with Crippen LogP contribution in [0.2, 0.25) is 0 Å². The molecule has 0 spiro atoms. The molecule has 0 atom stereocenters. The molecule has 0 saturated heterocycles. The highest BCUT2D eigenvalue weighted by molar-refractivity contribution is 7.15. The van der Waals surface area contributed by atoms with Crippen LogP contribution in [0.15, 0.2) is 5.10 Å². The van der Waals surface area contributed by atoms with E-state index in [0.29, 0.717) is 17.3 Å². The first kappa shape index (κ1) is 11.6. The van der Waals surface area contributed by atoms with Crippen LogP contribution in [0, 0.1) is 0 Å². The van der Waals surface area contributed by atoms with Crippen molar-refractivity contribution < 1.29 is 9.59 Å². The molecule has 2 heterocycles. The van der Waals surface area contributed by atoms with E-state index in [9.17, 15) is 9.59 Å². The lowest BCUT2D eigenvalue weighted by molar-refractivity contribution is -0.121. The first-order valence-electron chi connectivity index (χ1n) is 5.18. The van der Waals surface area contributed by atoms with Crippen molar-refractivity contribution in [3.8, 4) is 0 Å². The second-order valence-electron chi connectivity index (χ2n) is 3.40. The number of carbonyl (C=O) groups excluding carboxylic acids is 2. The molecule has 2 amide bonds. The maximum absolute atomic E-state index is 11.7. The van der Waals surface area contributed by atoms with Gasteiger partial charge in [0.25, 0.3) is 5.91 Å². The summed E-state index contributed by atoms with van der Waals surface area (Å²) in [6.45, 7) is 1.97. The number of amides is 2. The van der Waals surface area contributed by atoms with Crippen LogP contribution in [0.25, 0.3) is 0 Å². The Bertz CT molecular complexity index is 481. The van der Waals surface area contributed by atoms with E-state index in [2.05, 4.69) is 26.0 Å². The van der Waals surface area contributed by atoms with Gasteiger partial charge < -0.3 is 0 Å². The summed E-state index contributed by atoms with van der Waals surface area (Å²) >= 11 is 1.33. The maximum Gasteiger partial charge on any atom is 0.273 e. The molecule has 0 fully saturated rings. The van der Waals surface area contributed by atoms with Gasteiger partial charge in [0.15, 0.2) is 0 Å². The van der Waals surface area contributed by atoms with Crippen molar-refractivity contribution in [2.24, 2.45) is 5.10 Å². The molecule has 2 N–H and O–H groups in total. The second-order valence-corrected chi connectivity index (χ2v) is 4.46. The topological polar surface area (TPSA) is 96.3 Å². The number of aryl methyl sites for hydroxylation is 1. The number of hydrogen-bond acceptors (Lipinski definition) is 6. The van der Waals surface area contributed by atoms with Crippen LogP contribution in [0.4, 0.5) is 5.13 Å². The highest BCUT2D eigenvalue weighted by Gasteiger charge is 2.19. The second kappa shape index (κ2) is 5.00. The number of carbonyl (C=O) groups is 2. The van der Waals surface area contributed by atoms with Crippen molar-refractivity contribution in [1.29, 1.82) is 0 Å². The van der Waals surface area contributed by atoms with Crippen LogP contribution < -0.4 is 10.7 Å². The number of rotatable bonds is 3. The van der Waals surface area contributed by atoms with Gasteiger partial charge in [0.2, 0.25) is 11.0 Å². The van der Waals surface area contributed by atoms with Crippen LogP contribution in [0.3, 0.4) is 0 Å². The predicted octanol–water partition coefficient (Wildman–Crippen LogP) is 0.305. The van der Waals surface area contributed by atoms with Gasteiger partial charge in [-0.3, -0.25) is 14.9 Å². The Kier molecular flexibility index (Phi) is 3.43.